The van der Waals surface area contributed by atoms with Crippen molar-refractivity contribution in [2.24, 2.45) is 5.41 Å². The molecule has 2 aliphatic rings. The van der Waals surface area contributed by atoms with E-state index in [9.17, 15) is 18.0 Å². The summed E-state index contributed by atoms with van der Waals surface area (Å²) in [5.74, 6) is 0.528. The largest absolute Gasteiger partial charge is 0.490 e. The molecule has 0 unspecified atom stereocenters. The van der Waals surface area contributed by atoms with Gasteiger partial charge in [0, 0.05) is 31.4 Å². The number of aromatic nitrogens is 3. The molecule has 0 atom stereocenters. The number of nitrogens with one attached hydrogen (secondary N) is 3. The highest BCUT2D eigenvalue weighted by Gasteiger charge is 2.29. The lowest BCUT2D eigenvalue weighted by atomic mass is 9.93. The van der Waals surface area contributed by atoms with E-state index in [0.29, 0.717) is 30.2 Å². The number of benzene rings is 2. The highest BCUT2D eigenvalue weighted by atomic mass is 19.4. The predicted molar refractivity (Wildman–Crippen MR) is 160 cm³/mol. The molecule has 3 heterocycles. The number of halogens is 3. The first-order valence-corrected chi connectivity index (χ1v) is 13.9. The molecule has 11 nitrogen and oxygen atoms in total. The molecule has 5 rings (SSSR count). The number of ether oxygens (including phenoxy) is 3. The molecule has 0 saturated carbocycles. The summed E-state index contributed by atoms with van der Waals surface area (Å²) in [7, 11) is 3.94. The lowest BCUT2D eigenvalue weighted by Gasteiger charge is -2.28. The molecule has 0 aliphatic carbocycles. The van der Waals surface area contributed by atoms with Gasteiger partial charge in [0.15, 0.2) is 6.61 Å². The number of nitrogens with zero attached hydrogens (tertiary/aromatic N) is 4. The zero-order chi connectivity index (χ0) is 31.7. The Morgan fingerprint density at radius 3 is 2.41 bits per heavy atom. The zero-order valence-electron chi connectivity index (χ0n) is 25.0. The summed E-state index contributed by atoms with van der Waals surface area (Å²) >= 11 is 0. The molecular weight excluding hydrogens is 579 g/mol. The molecule has 3 aromatic rings. The van der Waals surface area contributed by atoms with Crippen LogP contribution in [0, 0.1) is 5.41 Å². The Balaban J connectivity index is 1.63. The number of amides is 1. The maximum Gasteiger partial charge on any atom is 0.422 e. The number of alkyl halides is 3. The van der Waals surface area contributed by atoms with E-state index in [1.807, 2.05) is 32.3 Å². The third kappa shape index (κ3) is 10.3. The van der Waals surface area contributed by atoms with E-state index < -0.39 is 18.8 Å². The molecule has 1 amide bonds. The van der Waals surface area contributed by atoms with Crippen molar-refractivity contribution < 1.29 is 32.2 Å². The van der Waals surface area contributed by atoms with Gasteiger partial charge in [0.05, 0.1) is 5.56 Å². The van der Waals surface area contributed by atoms with Gasteiger partial charge in [-0.1, -0.05) is 26.0 Å². The van der Waals surface area contributed by atoms with E-state index in [4.69, 9.17) is 14.2 Å². The Bertz CT molecular complexity index is 1450. The Morgan fingerprint density at radius 2 is 1.70 bits per heavy atom. The Labute approximate surface area is 253 Å². The zero-order valence-corrected chi connectivity index (χ0v) is 25.0. The highest BCUT2D eigenvalue weighted by Crippen LogP contribution is 2.27. The molecule has 236 valence electrons. The van der Waals surface area contributed by atoms with E-state index in [1.165, 1.54) is 0 Å². The second-order valence-electron chi connectivity index (χ2n) is 11.2. The van der Waals surface area contributed by atoms with Crippen molar-refractivity contribution in [3.8, 4) is 17.5 Å². The quantitative estimate of drug-likeness (QED) is 0.319. The minimum atomic E-state index is -4.58. The van der Waals surface area contributed by atoms with Gasteiger partial charge in [-0.3, -0.25) is 4.79 Å². The van der Waals surface area contributed by atoms with E-state index in [1.54, 1.807) is 36.4 Å². The van der Waals surface area contributed by atoms with Crippen molar-refractivity contribution in [1.82, 2.24) is 25.2 Å². The standard InChI is InChI=1S/C30H36F3N7O4/c1-29(2,18-40(3)4)17-35-25(41)23-12-9-21-15-24(23)43-14-6-5-13-42-22-10-7-20(8-11-22)16-34-26-37-27(36-21)39-28(38-26)44-19-30(31,32)33/h5-12,15H,13-14,16-19H2,1-4H3,(H,35,41)(H2,34,36,37,38,39). The van der Waals surface area contributed by atoms with Crippen molar-refractivity contribution in [3.63, 3.8) is 0 Å². The van der Waals surface area contributed by atoms with Crippen LogP contribution in [0.4, 0.5) is 30.8 Å². The highest BCUT2D eigenvalue weighted by molar-refractivity contribution is 5.97. The Kier molecular flexibility index (Phi) is 10.5. The summed E-state index contributed by atoms with van der Waals surface area (Å²) in [5, 5.41) is 8.93. The smallest absolute Gasteiger partial charge is 0.422 e. The van der Waals surface area contributed by atoms with Crippen molar-refractivity contribution in [2.75, 3.05) is 57.6 Å². The lowest BCUT2D eigenvalue weighted by molar-refractivity contribution is -0.154. The molecule has 1 aromatic heterocycles. The average Bonchev–Trinajstić information content (AvgIpc) is 2.95. The number of rotatable bonds is 7. The maximum atomic E-state index is 13.2. The second-order valence-corrected chi connectivity index (χ2v) is 11.2. The van der Waals surface area contributed by atoms with Gasteiger partial charge in [-0.25, -0.2) is 0 Å². The van der Waals surface area contributed by atoms with Crippen molar-refractivity contribution >= 4 is 23.5 Å². The van der Waals surface area contributed by atoms with Crippen LogP contribution in [0.3, 0.4) is 0 Å². The van der Waals surface area contributed by atoms with Gasteiger partial charge in [-0.2, -0.15) is 28.1 Å². The molecule has 0 fully saturated rings. The lowest BCUT2D eigenvalue weighted by Crippen LogP contribution is -2.40. The minimum Gasteiger partial charge on any atom is -0.490 e. The molecule has 14 heteroatoms. The summed E-state index contributed by atoms with van der Waals surface area (Å²) in [6.45, 7) is 4.48. The third-order valence-corrected chi connectivity index (χ3v) is 6.16. The van der Waals surface area contributed by atoms with Crippen molar-refractivity contribution in [2.45, 2.75) is 26.6 Å². The van der Waals surface area contributed by atoms with Gasteiger partial charge < -0.3 is 35.1 Å². The fourth-order valence-corrected chi connectivity index (χ4v) is 4.37. The number of hydrogen-bond acceptors (Lipinski definition) is 10. The number of carbonyl (C=O) groups is 1. The molecular formula is C30H36F3N7O4. The molecule has 44 heavy (non-hydrogen) atoms. The van der Waals surface area contributed by atoms with Crippen LogP contribution in [-0.4, -0.2) is 78.9 Å². The van der Waals surface area contributed by atoms with Gasteiger partial charge in [0.1, 0.15) is 24.7 Å². The molecule has 0 saturated heterocycles. The maximum absolute atomic E-state index is 13.2. The summed E-state index contributed by atoms with van der Waals surface area (Å²) in [6.07, 6.45) is -1.00. The second kappa shape index (κ2) is 14.3. The van der Waals surface area contributed by atoms with Gasteiger partial charge >= 0.3 is 12.2 Å². The SMILES string of the molecule is CN(C)CC(C)(C)CNC(=O)c1ccc2cc1OCC=CCOc1ccc(cc1)CNc1nc(nc(OCC(F)(F)F)n1)N2. The normalized spacial score (nSPS) is 13.8. The van der Waals surface area contributed by atoms with Gasteiger partial charge in [0.25, 0.3) is 5.91 Å². The molecule has 2 aromatic carbocycles. The third-order valence-electron chi connectivity index (χ3n) is 6.16. The number of anilines is 3. The van der Waals surface area contributed by atoms with E-state index in [2.05, 4.69) is 49.6 Å². The first-order valence-electron chi connectivity index (χ1n) is 13.9. The van der Waals surface area contributed by atoms with Crippen LogP contribution in [0.1, 0.15) is 29.8 Å². The van der Waals surface area contributed by atoms with Crippen LogP contribution in [-0.2, 0) is 6.54 Å². The van der Waals surface area contributed by atoms with Crippen molar-refractivity contribution in [1.29, 1.82) is 0 Å². The molecule has 3 N–H and O–H groups in total. The fourth-order valence-electron chi connectivity index (χ4n) is 4.37. The van der Waals surface area contributed by atoms with E-state index >= 15 is 0 Å². The monoisotopic (exact) mass is 615 g/mol. The summed E-state index contributed by atoms with van der Waals surface area (Å²) in [4.78, 5) is 27.6. The fraction of sp³-hybridized carbons (Fsp3) is 0.400. The Hall–Kier alpha value is -4.59. The molecule has 6 bridgehead atoms. The van der Waals surface area contributed by atoms with Crippen LogP contribution < -0.4 is 30.2 Å². The van der Waals surface area contributed by atoms with Crippen molar-refractivity contribution in [3.05, 3.63) is 65.7 Å². The Morgan fingerprint density at radius 1 is 1.00 bits per heavy atom. The van der Waals surface area contributed by atoms with Crippen LogP contribution in [0.15, 0.2) is 54.6 Å². The molecule has 2 aliphatic heterocycles. The topological polar surface area (TPSA) is 123 Å². The van der Waals surface area contributed by atoms with Gasteiger partial charge in [-0.15, -0.1) is 0 Å². The summed E-state index contributed by atoms with van der Waals surface area (Å²) < 4.78 is 55.1. The van der Waals surface area contributed by atoms with E-state index in [0.717, 1.165) is 12.1 Å². The number of fused-ring (bicyclic) bond motifs is 7. The number of carbonyl (C=O) groups excluding carboxylic acids is 1. The number of hydrogen-bond donors (Lipinski definition) is 3. The summed E-state index contributed by atoms with van der Waals surface area (Å²) in [6, 6.07) is 11.5. The average molecular weight is 616 g/mol. The van der Waals surface area contributed by atoms with Gasteiger partial charge in [-0.05, 0) is 61.5 Å². The van der Waals surface area contributed by atoms with Gasteiger partial charge in [0.2, 0.25) is 11.9 Å². The predicted octanol–water partition coefficient (Wildman–Crippen LogP) is 4.81. The minimum absolute atomic E-state index is 0.00470. The first-order chi connectivity index (χ1) is 20.8. The molecule has 0 radical (unpaired) electrons. The molecule has 0 spiro atoms. The first kappa shape index (κ1) is 32.3. The van der Waals surface area contributed by atoms with Crippen LogP contribution in [0.2, 0.25) is 0 Å². The van der Waals surface area contributed by atoms with Crippen LogP contribution in [0.5, 0.6) is 17.5 Å². The van der Waals surface area contributed by atoms with Crippen LogP contribution in [0.25, 0.3) is 0 Å². The van der Waals surface area contributed by atoms with Crippen LogP contribution >= 0.6 is 0 Å². The summed E-state index contributed by atoms with van der Waals surface area (Å²) in [5.41, 5.74) is 1.40. The van der Waals surface area contributed by atoms with E-state index in [-0.39, 0.29) is 42.1 Å².